The quantitative estimate of drug-likeness (QED) is 0.845. The van der Waals surface area contributed by atoms with Crippen LogP contribution in [0, 0.1) is 5.92 Å². The van der Waals surface area contributed by atoms with E-state index in [0.29, 0.717) is 12.0 Å². The van der Waals surface area contributed by atoms with Crippen molar-refractivity contribution in [3.8, 4) is 0 Å². The molecule has 2 nitrogen and oxygen atoms in total. The first-order valence-corrected chi connectivity index (χ1v) is 6.44. The lowest BCUT2D eigenvalue weighted by molar-refractivity contribution is 0.427. The Hall–Kier alpha value is -0.990. The molecule has 0 aliphatic rings. The van der Waals surface area contributed by atoms with Crippen molar-refractivity contribution in [3.63, 3.8) is 0 Å². The molecule has 1 aromatic heterocycles. The van der Waals surface area contributed by atoms with Gasteiger partial charge in [-0.05, 0) is 30.5 Å². The van der Waals surface area contributed by atoms with Gasteiger partial charge in [0.1, 0.15) is 0 Å². The largest absolute Gasteiger partial charge is 0.361 e. The molecule has 17 heavy (non-hydrogen) atoms. The second kappa shape index (κ2) is 5.11. The fourth-order valence-electron chi connectivity index (χ4n) is 1.81. The highest BCUT2D eigenvalue weighted by atomic mass is 35.5. The number of H-pyrrole nitrogens is 1. The van der Waals surface area contributed by atoms with Crippen molar-refractivity contribution in [2.45, 2.75) is 33.4 Å². The molecular formula is C14H19ClN2. The van der Waals surface area contributed by atoms with Gasteiger partial charge >= 0.3 is 0 Å². The normalized spacial score (nSPS) is 13.5. The topological polar surface area (TPSA) is 27.8 Å². The van der Waals surface area contributed by atoms with Gasteiger partial charge in [0.25, 0.3) is 0 Å². The molecule has 0 aliphatic carbocycles. The molecule has 92 valence electrons. The molecular weight excluding hydrogens is 232 g/mol. The SMILES string of the molecule is CC(C)C(C)NCc1c[nH]c2cc(Cl)ccc12. The van der Waals surface area contributed by atoms with E-state index in [1.54, 1.807) is 0 Å². The summed E-state index contributed by atoms with van der Waals surface area (Å²) in [5.74, 6) is 0.648. The molecule has 1 atom stereocenters. The summed E-state index contributed by atoms with van der Waals surface area (Å²) in [4.78, 5) is 3.26. The lowest BCUT2D eigenvalue weighted by atomic mass is 10.1. The van der Waals surface area contributed by atoms with Crippen molar-refractivity contribution in [3.05, 3.63) is 35.0 Å². The Balaban J connectivity index is 2.14. The summed E-state index contributed by atoms with van der Waals surface area (Å²) in [6.07, 6.45) is 2.06. The summed E-state index contributed by atoms with van der Waals surface area (Å²) in [6.45, 7) is 7.57. The Morgan fingerprint density at radius 3 is 2.76 bits per heavy atom. The summed E-state index contributed by atoms with van der Waals surface area (Å²) in [5.41, 5.74) is 2.40. The number of halogens is 1. The maximum Gasteiger partial charge on any atom is 0.0472 e. The Kier molecular flexibility index (Phi) is 3.75. The van der Waals surface area contributed by atoms with Crippen molar-refractivity contribution in [2.24, 2.45) is 5.92 Å². The fraction of sp³-hybridized carbons (Fsp3) is 0.429. The summed E-state index contributed by atoms with van der Waals surface area (Å²) in [5, 5.41) is 5.56. The molecule has 1 unspecified atom stereocenters. The first-order chi connectivity index (χ1) is 8.08. The third-order valence-corrected chi connectivity index (χ3v) is 3.58. The van der Waals surface area contributed by atoms with E-state index in [2.05, 4.69) is 43.3 Å². The zero-order valence-electron chi connectivity index (χ0n) is 10.5. The minimum absolute atomic E-state index is 0.521. The van der Waals surface area contributed by atoms with E-state index in [4.69, 9.17) is 11.6 Å². The van der Waals surface area contributed by atoms with Gasteiger partial charge in [0, 0.05) is 34.7 Å². The average molecular weight is 251 g/mol. The van der Waals surface area contributed by atoms with Gasteiger partial charge in [-0.1, -0.05) is 31.5 Å². The predicted octanol–water partition coefficient (Wildman–Crippen LogP) is 3.96. The van der Waals surface area contributed by atoms with Crippen molar-refractivity contribution in [1.29, 1.82) is 0 Å². The van der Waals surface area contributed by atoms with E-state index in [0.717, 1.165) is 17.1 Å². The summed E-state index contributed by atoms with van der Waals surface area (Å²) in [7, 11) is 0. The first-order valence-electron chi connectivity index (χ1n) is 6.07. The van der Waals surface area contributed by atoms with Crippen molar-refractivity contribution in [1.82, 2.24) is 10.3 Å². The van der Waals surface area contributed by atoms with Crippen LogP contribution in [-0.2, 0) is 6.54 Å². The van der Waals surface area contributed by atoms with Crippen molar-refractivity contribution in [2.75, 3.05) is 0 Å². The molecule has 0 bridgehead atoms. The van der Waals surface area contributed by atoms with Crippen molar-refractivity contribution < 1.29 is 0 Å². The maximum atomic E-state index is 5.96. The standard InChI is InChI=1S/C14H19ClN2/c1-9(2)10(3)16-7-11-8-17-14-6-12(15)4-5-13(11)14/h4-6,8-10,16-17H,7H2,1-3H3. The molecule has 1 aromatic carbocycles. The monoisotopic (exact) mass is 250 g/mol. The number of hydrogen-bond acceptors (Lipinski definition) is 1. The third kappa shape index (κ3) is 2.82. The Morgan fingerprint density at radius 2 is 2.06 bits per heavy atom. The van der Waals surface area contributed by atoms with Crippen LogP contribution in [0.3, 0.4) is 0 Å². The van der Waals surface area contributed by atoms with Gasteiger partial charge in [-0.15, -0.1) is 0 Å². The third-order valence-electron chi connectivity index (χ3n) is 3.34. The zero-order chi connectivity index (χ0) is 12.4. The van der Waals surface area contributed by atoms with Gasteiger partial charge in [0.05, 0.1) is 0 Å². The lowest BCUT2D eigenvalue weighted by Crippen LogP contribution is -2.30. The molecule has 3 heteroatoms. The van der Waals surface area contributed by atoms with E-state index >= 15 is 0 Å². The lowest BCUT2D eigenvalue weighted by Gasteiger charge is -2.17. The Morgan fingerprint density at radius 1 is 1.29 bits per heavy atom. The highest BCUT2D eigenvalue weighted by Gasteiger charge is 2.08. The number of benzene rings is 1. The molecule has 2 aromatic rings. The van der Waals surface area contributed by atoms with E-state index in [1.807, 2.05) is 12.1 Å². The van der Waals surface area contributed by atoms with Gasteiger partial charge in [0.2, 0.25) is 0 Å². The molecule has 0 amide bonds. The van der Waals surface area contributed by atoms with Gasteiger partial charge in [0.15, 0.2) is 0 Å². The Labute approximate surface area is 107 Å². The van der Waals surface area contributed by atoms with Gasteiger partial charge in [-0.25, -0.2) is 0 Å². The van der Waals surface area contributed by atoms with Gasteiger partial charge in [-0.3, -0.25) is 0 Å². The fourth-order valence-corrected chi connectivity index (χ4v) is 1.98. The molecule has 0 saturated heterocycles. The van der Waals surface area contributed by atoms with Crippen LogP contribution in [0.1, 0.15) is 26.3 Å². The number of aromatic nitrogens is 1. The Bertz CT molecular complexity index is 502. The molecule has 0 spiro atoms. The molecule has 0 aliphatic heterocycles. The molecule has 0 saturated carbocycles. The highest BCUT2D eigenvalue weighted by Crippen LogP contribution is 2.22. The first kappa shape index (κ1) is 12.5. The van der Waals surface area contributed by atoms with Crippen LogP contribution in [-0.4, -0.2) is 11.0 Å². The second-order valence-corrected chi connectivity index (χ2v) is 5.35. The molecule has 1 heterocycles. The van der Waals surface area contributed by atoms with Crippen LogP contribution in [0.15, 0.2) is 24.4 Å². The number of fused-ring (bicyclic) bond motifs is 1. The number of aromatic amines is 1. The molecule has 2 N–H and O–H groups in total. The van der Waals surface area contributed by atoms with Crippen LogP contribution in [0.25, 0.3) is 10.9 Å². The zero-order valence-corrected chi connectivity index (χ0v) is 11.3. The number of hydrogen-bond donors (Lipinski definition) is 2. The van der Waals surface area contributed by atoms with Crippen LogP contribution in [0.2, 0.25) is 5.02 Å². The molecule has 0 radical (unpaired) electrons. The minimum atomic E-state index is 0.521. The van der Waals surface area contributed by atoms with Crippen LogP contribution in [0.4, 0.5) is 0 Å². The van der Waals surface area contributed by atoms with Crippen LogP contribution in [0.5, 0.6) is 0 Å². The average Bonchev–Trinajstić information content (AvgIpc) is 2.67. The maximum absolute atomic E-state index is 5.96. The van der Waals surface area contributed by atoms with Crippen molar-refractivity contribution >= 4 is 22.5 Å². The summed E-state index contributed by atoms with van der Waals surface area (Å²) in [6, 6.07) is 6.50. The van der Waals surface area contributed by atoms with E-state index in [-0.39, 0.29) is 0 Å². The molecule has 0 fully saturated rings. The summed E-state index contributed by atoms with van der Waals surface area (Å²) < 4.78 is 0. The number of rotatable bonds is 4. The highest BCUT2D eigenvalue weighted by molar-refractivity contribution is 6.31. The predicted molar refractivity (Wildman–Crippen MR) is 74.4 cm³/mol. The van der Waals surface area contributed by atoms with E-state index < -0.39 is 0 Å². The van der Waals surface area contributed by atoms with Crippen LogP contribution >= 0.6 is 11.6 Å². The van der Waals surface area contributed by atoms with E-state index in [1.165, 1.54) is 10.9 Å². The van der Waals surface area contributed by atoms with E-state index in [9.17, 15) is 0 Å². The van der Waals surface area contributed by atoms with Gasteiger partial charge in [-0.2, -0.15) is 0 Å². The second-order valence-electron chi connectivity index (χ2n) is 4.92. The number of nitrogens with one attached hydrogen (secondary N) is 2. The smallest absolute Gasteiger partial charge is 0.0472 e. The minimum Gasteiger partial charge on any atom is -0.361 e. The summed E-state index contributed by atoms with van der Waals surface area (Å²) >= 11 is 5.96. The molecule has 2 rings (SSSR count). The van der Waals surface area contributed by atoms with Gasteiger partial charge < -0.3 is 10.3 Å². The van der Waals surface area contributed by atoms with Crippen LogP contribution < -0.4 is 5.32 Å².